The van der Waals surface area contributed by atoms with E-state index < -0.39 is 0 Å². The summed E-state index contributed by atoms with van der Waals surface area (Å²) < 4.78 is 0. The zero-order chi connectivity index (χ0) is 20.4. The van der Waals surface area contributed by atoms with Gasteiger partial charge in [0.1, 0.15) is 0 Å². The molecule has 0 saturated carbocycles. The molecule has 0 aromatic rings. The molecule has 0 aromatic carbocycles. The highest BCUT2D eigenvalue weighted by atomic mass is 16.2. The number of hydrogen-bond donors (Lipinski definition) is 1. The summed E-state index contributed by atoms with van der Waals surface area (Å²) in [5, 5.41) is 2.98. The summed E-state index contributed by atoms with van der Waals surface area (Å²) in [6, 6.07) is 0. The molecule has 0 atom stereocenters. The molecule has 160 valence electrons. The van der Waals surface area contributed by atoms with Gasteiger partial charge < -0.3 is 15.1 Å². The van der Waals surface area contributed by atoms with Gasteiger partial charge in [-0.25, -0.2) is 0 Å². The molecule has 0 aromatic heterocycles. The smallest absolute Gasteiger partial charge is 0.234 e. The molecular formula is C21H38N4O3. The van der Waals surface area contributed by atoms with Crippen LogP contribution in [-0.4, -0.2) is 84.8 Å². The summed E-state index contributed by atoms with van der Waals surface area (Å²) in [6.45, 7) is 9.76. The predicted molar refractivity (Wildman–Crippen MR) is 110 cm³/mol. The topological polar surface area (TPSA) is 73.0 Å². The van der Waals surface area contributed by atoms with Crippen molar-refractivity contribution in [2.24, 2.45) is 5.92 Å². The van der Waals surface area contributed by atoms with Crippen molar-refractivity contribution in [1.29, 1.82) is 0 Å². The Hall–Kier alpha value is -1.63. The van der Waals surface area contributed by atoms with E-state index >= 15 is 0 Å². The number of amides is 3. The van der Waals surface area contributed by atoms with Crippen molar-refractivity contribution in [2.45, 2.75) is 58.8 Å². The van der Waals surface area contributed by atoms with Gasteiger partial charge in [0.25, 0.3) is 0 Å². The van der Waals surface area contributed by atoms with E-state index in [1.54, 1.807) is 0 Å². The maximum absolute atomic E-state index is 12.4. The van der Waals surface area contributed by atoms with E-state index in [4.69, 9.17) is 0 Å². The number of nitrogens with zero attached hydrogens (tertiary/aromatic N) is 3. The fraction of sp³-hybridized carbons (Fsp3) is 0.857. The Morgan fingerprint density at radius 2 is 1.79 bits per heavy atom. The second-order valence-corrected chi connectivity index (χ2v) is 7.96. The quantitative estimate of drug-likeness (QED) is 0.601. The minimum atomic E-state index is 0.0377. The average molecular weight is 395 g/mol. The van der Waals surface area contributed by atoms with E-state index in [0.29, 0.717) is 19.5 Å². The average Bonchev–Trinajstić information content (AvgIpc) is 2.91. The summed E-state index contributed by atoms with van der Waals surface area (Å²) in [6.07, 6.45) is 6.36. The molecule has 0 radical (unpaired) electrons. The second-order valence-electron chi connectivity index (χ2n) is 7.96. The normalized spacial score (nSPS) is 19.4. The van der Waals surface area contributed by atoms with Gasteiger partial charge in [-0.15, -0.1) is 0 Å². The molecule has 1 N–H and O–H groups in total. The zero-order valence-electron chi connectivity index (χ0n) is 17.8. The van der Waals surface area contributed by atoms with Crippen LogP contribution >= 0.6 is 0 Å². The molecule has 28 heavy (non-hydrogen) atoms. The monoisotopic (exact) mass is 394 g/mol. The standard InChI is InChI=1S/C21H38N4O3/c1-3-24(4-2)21(28)18-10-15-23(16-11-18)17-19(26)22-12-8-14-25-13-7-5-6-9-20(25)27/h18H,3-17H2,1-2H3,(H,22,26). The van der Waals surface area contributed by atoms with Crippen LogP contribution in [0.15, 0.2) is 0 Å². The fourth-order valence-electron chi connectivity index (χ4n) is 4.16. The van der Waals surface area contributed by atoms with Crippen molar-refractivity contribution in [3.63, 3.8) is 0 Å². The molecule has 2 aliphatic rings. The lowest BCUT2D eigenvalue weighted by atomic mass is 9.95. The second kappa shape index (κ2) is 12.0. The summed E-state index contributed by atoms with van der Waals surface area (Å²) >= 11 is 0. The van der Waals surface area contributed by atoms with Crippen molar-refractivity contribution in [3.05, 3.63) is 0 Å². The van der Waals surface area contributed by atoms with E-state index in [9.17, 15) is 14.4 Å². The number of hydrogen-bond acceptors (Lipinski definition) is 4. The van der Waals surface area contributed by atoms with E-state index in [1.807, 2.05) is 23.6 Å². The number of piperidine rings is 1. The first-order valence-corrected chi connectivity index (χ1v) is 11.1. The van der Waals surface area contributed by atoms with E-state index in [-0.39, 0.29) is 23.6 Å². The summed E-state index contributed by atoms with van der Waals surface area (Å²) in [4.78, 5) is 42.6. The molecule has 7 nitrogen and oxygen atoms in total. The van der Waals surface area contributed by atoms with Crippen LogP contribution in [0.3, 0.4) is 0 Å². The third-order valence-corrected chi connectivity index (χ3v) is 5.98. The SMILES string of the molecule is CCN(CC)C(=O)C1CCN(CC(=O)NCCCN2CCCCCC2=O)CC1. The minimum absolute atomic E-state index is 0.0377. The number of likely N-dealkylation sites (tertiary alicyclic amines) is 2. The Bertz CT molecular complexity index is 514. The Morgan fingerprint density at radius 1 is 1.07 bits per heavy atom. The lowest BCUT2D eigenvalue weighted by Gasteiger charge is -2.33. The number of nitrogens with one attached hydrogen (secondary N) is 1. The maximum atomic E-state index is 12.4. The van der Waals surface area contributed by atoms with Crippen LogP contribution < -0.4 is 5.32 Å². The van der Waals surface area contributed by atoms with Crippen LogP contribution in [0.25, 0.3) is 0 Å². The van der Waals surface area contributed by atoms with Crippen molar-refractivity contribution in [2.75, 3.05) is 52.4 Å². The highest BCUT2D eigenvalue weighted by molar-refractivity contribution is 5.79. The van der Waals surface area contributed by atoms with Crippen molar-refractivity contribution >= 4 is 17.7 Å². The Kier molecular flexibility index (Phi) is 9.75. The van der Waals surface area contributed by atoms with Crippen molar-refractivity contribution in [3.8, 4) is 0 Å². The van der Waals surface area contributed by atoms with Crippen LogP contribution in [0.5, 0.6) is 0 Å². The number of carbonyl (C=O) groups is 3. The molecule has 2 saturated heterocycles. The molecule has 2 rings (SSSR count). The molecule has 0 unspecified atom stereocenters. The summed E-state index contributed by atoms with van der Waals surface area (Å²) in [5.41, 5.74) is 0. The lowest BCUT2D eigenvalue weighted by molar-refractivity contribution is -0.136. The predicted octanol–water partition coefficient (Wildman–Crippen LogP) is 1.48. The largest absolute Gasteiger partial charge is 0.355 e. The third kappa shape index (κ3) is 7.08. The van der Waals surface area contributed by atoms with Gasteiger partial charge in [-0.05, 0) is 59.0 Å². The highest BCUT2D eigenvalue weighted by Crippen LogP contribution is 2.19. The first-order valence-electron chi connectivity index (χ1n) is 11.1. The van der Waals surface area contributed by atoms with E-state index in [0.717, 1.165) is 77.8 Å². The number of carbonyl (C=O) groups excluding carboxylic acids is 3. The molecule has 2 heterocycles. The molecule has 0 spiro atoms. The van der Waals surface area contributed by atoms with Crippen molar-refractivity contribution < 1.29 is 14.4 Å². The van der Waals surface area contributed by atoms with Gasteiger partial charge >= 0.3 is 0 Å². The molecular weight excluding hydrogens is 356 g/mol. The van der Waals surface area contributed by atoms with Crippen LogP contribution in [0.4, 0.5) is 0 Å². The van der Waals surface area contributed by atoms with Gasteiger partial charge in [0.05, 0.1) is 6.54 Å². The summed E-state index contributed by atoms with van der Waals surface area (Å²) in [5.74, 6) is 0.657. The fourth-order valence-corrected chi connectivity index (χ4v) is 4.16. The van der Waals surface area contributed by atoms with Gasteiger partial charge in [0, 0.05) is 45.1 Å². The van der Waals surface area contributed by atoms with Crippen molar-refractivity contribution in [1.82, 2.24) is 20.0 Å². The van der Waals surface area contributed by atoms with E-state index in [2.05, 4.69) is 10.2 Å². The summed E-state index contributed by atoms with van der Waals surface area (Å²) in [7, 11) is 0. The molecule has 0 aliphatic carbocycles. The maximum Gasteiger partial charge on any atom is 0.234 e. The minimum Gasteiger partial charge on any atom is -0.355 e. The van der Waals surface area contributed by atoms with Gasteiger partial charge in [-0.2, -0.15) is 0 Å². The first kappa shape index (κ1) is 22.7. The highest BCUT2D eigenvalue weighted by Gasteiger charge is 2.28. The van der Waals surface area contributed by atoms with Gasteiger partial charge in [-0.3, -0.25) is 19.3 Å². The molecule has 7 heteroatoms. The Labute approximate surface area is 169 Å². The number of rotatable bonds is 9. The third-order valence-electron chi connectivity index (χ3n) is 5.98. The zero-order valence-corrected chi connectivity index (χ0v) is 17.8. The Balaban J connectivity index is 1.60. The van der Waals surface area contributed by atoms with E-state index in [1.165, 1.54) is 0 Å². The van der Waals surface area contributed by atoms with Crippen LogP contribution in [0.1, 0.15) is 58.8 Å². The van der Waals surface area contributed by atoms with Crippen LogP contribution in [-0.2, 0) is 14.4 Å². The molecule has 2 aliphatic heterocycles. The van der Waals surface area contributed by atoms with Gasteiger partial charge in [0.15, 0.2) is 0 Å². The Morgan fingerprint density at radius 3 is 2.46 bits per heavy atom. The van der Waals surface area contributed by atoms with Gasteiger partial charge in [0.2, 0.25) is 17.7 Å². The molecule has 3 amide bonds. The molecule has 0 bridgehead atoms. The van der Waals surface area contributed by atoms with Crippen LogP contribution in [0.2, 0.25) is 0 Å². The first-order chi connectivity index (χ1) is 13.5. The lowest BCUT2D eigenvalue weighted by Crippen LogP contribution is -2.45. The van der Waals surface area contributed by atoms with Gasteiger partial charge in [-0.1, -0.05) is 6.42 Å². The van der Waals surface area contributed by atoms with Crippen LogP contribution in [0, 0.1) is 5.92 Å². The molecule has 2 fully saturated rings.